The van der Waals surface area contributed by atoms with Crippen molar-refractivity contribution < 1.29 is 14.3 Å². The lowest BCUT2D eigenvalue weighted by atomic mass is 10.1. The Balaban J connectivity index is 1.93. The molecule has 6 heteroatoms. The Morgan fingerprint density at radius 2 is 1.96 bits per heavy atom. The van der Waals surface area contributed by atoms with Crippen LogP contribution in [0.25, 0.3) is 0 Å². The van der Waals surface area contributed by atoms with E-state index < -0.39 is 0 Å². The van der Waals surface area contributed by atoms with Crippen LogP contribution in [0.1, 0.15) is 40.3 Å². The van der Waals surface area contributed by atoms with Crippen LogP contribution >= 0.6 is 0 Å². The third kappa shape index (κ3) is 5.60. The van der Waals surface area contributed by atoms with Crippen LogP contribution in [0.15, 0.2) is 42.6 Å². The lowest BCUT2D eigenvalue weighted by molar-refractivity contribution is 0.0938. The first kappa shape index (κ1) is 18.4. The van der Waals surface area contributed by atoms with Gasteiger partial charge < -0.3 is 15.4 Å². The summed E-state index contributed by atoms with van der Waals surface area (Å²) >= 11 is 0. The molecule has 0 radical (unpaired) electrons. The highest BCUT2D eigenvalue weighted by atomic mass is 16.5. The number of carbonyl (C=O) groups is 2. The molecule has 0 aliphatic heterocycles. The highest BCUT2D eigenvalue weighted by Gasteiger charge is 2.12. The van der Waals surface area contributed by atoms with Crippen molar-refractivity contribution in [1.29, 1.82) is 0 Å². The smallest absolute Gasteiger partial charge is 0.270 e. The number of pyridine rings is 1. The molecule has 6 nitrogen and oxygen atoms in total. The SMILES string of the molecule is COc1cccc(CCNC(=O)c2ccnc(C(=O)NC(C)C)c2)c1. The lowest BCUT2D eigenvalue weighted by Crippen LogP contribution is -2.31. The Kier molecular flexibility index (Phi) is 6.51. The first-order chi connectivity index (χ1) is 12.0. The van der Waals surface area contributed by atoms with E-state index in [2.05, 4.69) is 15.6 Å². The summed E-state index contributed by atoms with van der Waals surface area (Å²) in [4.78, 5) is 28.2. The van der Waals surface area contributed by atoms with Crippen LogP contribution in [0.2, 0.25) is 0 Å². The number of nitrogens with zero attached hydrogens (tertiary/aromatic N) is 1. The van der Waals surface area contributed by atoms with Crippen molar-refractivity contribution in [3.05, 3.63) is 59.4 Å². The van der Waals surface area contributed by atoms with Gasteiger partial charge >= 0.3 is 0 Å². The number of hydrogen-bond donors (Lipinski definition) is 2. The highest BCUT2D eigenvalue weighted by Crippen LogP contribution is 2.12. The number of nitrogens with one attached hydrogen (secondary N) is 2. The van der Waals surface area contributed by atoms with Crippen LogP contribution in [0.3, 0.4) is 0 Å². The molecule has 0 fully saturated rings. The summed E-state index contributed by atoms with van der Waals surface area (Å²) in [5.74, 6) is 0.267. The predicted octanol–water partition coefficient (Wildman–Crippen LogP) is 2.20. The molecule has 1 aromatic heterocycles. The fraction of sp³-hybridized carbons (Fsp3) is 0.316. The number of benzene rings is 1. The van der Waals surface area contributed by atoms with Gasteiger partial charge in [-0.15, -0.1) is 0 Å². The largest absolute Gasteiger partial charge is 0.497 e. The Bertz CT molecular complexity index is 744. The van der Waals surface area contributed by atoms with Crippen molar-refractivity contribution in [2.45, 2.75) is 26.3 Å². The number of aromatic nitrogens is 1. The maximum absolute atomic E-state index is 12.3. The van der Waals surface area contributed by atoms with Gasteiger partial charge in [-0.25, -0.2) is 0 Å². The summed E-state index contributed by atoms with van der Waals surface area (Å²) in [5.41, 5.74) is 1.72. The van der Waals surface area contributed by atoms with Gasteiger partial charge in [0.1, 0.15) is 11.4 Å². The molecule has 0 aliphatic carbocycles. The molecule has 0 bridgehead atoms. The van der Waals surface area contributed by atoms with Crippen molar-refractivity contribution in [3.63, 3.8) is 0 Å². The summed E-state index contributed by atoms with van der Waals surface area (Å²) in [6, 6.07) is 10.8. The molecule has 0 saturated carbocycles. The molecule has 2 N–H and O–H groups in total. The van der Waals surface area contributed by atoms with Gasteiger partial charge in [0.25, 0.3) is 11.8 Å². The van der Waals surface area contributed by atoms with Gasteiger partial charge in [-0.05, 0) is 50.1 Å². The summed E-state index contributed by atoms with van der Waals surface area (Å²) in [6.07, 6.45) is 2.15. The molecule has 1 heterocycles. The first-order valence-electron chi connectivity index (χ1n) is 8.17. The second-order valence-corrected chi connectivity index (χ2v) is 5.92. The van der Waals surface area contributed by atoms with Crippen LogP contribution in [0, 0.1) is 0 Å². The van der Waals surface area contributed by atoms with E-state index in [0.29, 0.717) is 18.5 Å². The second-order valence-electron chi connectivity index (χ2n) is 5.92. The zero-order chi connectivity index (χ0) is 18.2. The Labute approximate surface area is 147 Å². The Morgan fingerprint density at radius 3 is 2.68 bits per heavy atom. The molecule has 0 aliphatic rings. The minimum atomic E-state index is -0.291. The lowest BCUT2D eigenvalue weighted by Gasteiger charge is -2.09. The molecule has 0 saturated heterocycles. The number of ether oxygens (including phenoxy) is 1. The van der Waals surface area contributed by atoms with E-state index in [1.807, 2.05) is 38.1 Å². The molecule has 25 heavy (non-hydrogen) atoms. The van der Waals surface area contributed by atoms with E-state index in [0.717, 1.165) is 11.3 Å². The molecule has 0 spiro atoms. The van der Waals surface area contributed by atoms with E-state index in [1.54, 1.807) is 13.2 Å². The van der Waals surface area contributed by atoms with Crippen LogP contribution in [-0.2, 0) is 6.42 Å². The molecular formula is C19H23N3O3. The number of amides is 2. The third-order valence-electron chi connectivity index (χ3n) is 3.51. The maximum Gasteiger partial charge on any atom is 0.270 e. The van der Waals surface area contributed by atoms with Crippen molar-refractivity contribution in [3.8, 4) is 5.75 Å². The van der Waals surface area contributed by atoms with Gasteiger partial charge in [0, 0.05) is 24.3 Å². The van der Waals surface area contributed by atoms with E-state index in [9.17, 15) is 9.59 Å². The van der Waals surface area contributed by atoms with Gasteiger partial charge in [0.2, 0.25) is 0 Å². The topological polar surface area (TPSA) is 80.3 Å². The van der Waals surface area contributed by atoms with Gasteiger partial charge in [-0.2, -0.15) is 0 Å². The minimum absolute atomic E-state index is 0.00893. The summed E-state index contributed by atoms with van der Waals surface area (Å²) in [7, 11) is 1.62. The quantitative estimate of drug-likeness (QED) is 0.809. The van der Waals surface area contributed by atoms with Gasteiger partial charge in [-0.1, -0.05) is 12.1 Å². The van der Waals surface area contributed by atoms with Gasteiger partial charge in [0.15, 0.2) is 0 Å². The average molecular weight is 341 g/mol. The second kappa shape index (κ2) is 8.82. The van der Waals surface area contributed by atoms with E-state index in [1.165, 1.54) is 12.3 Å². The summed E-state index contributed by atoms with van der Waals surface area (Å²) in [5, 5.41) is 5.61. The third-order valence-corrected chi connectivity index (χ3v) is 3.51. The summed E-state index contributed by atoms with van der Waals surface area (Å²) in [6.45, 7) is 4.22. The van der Waals surface area contributed by atoms with Gasteiger partial charge in [0.05, 0.1) is 7.11 Å². The minimum Gasteiger partial charge on any atom is -0.497 e. The molecule has 0 atom stereocenters. The number of rotatable bonds is 7. The predicted molar refractivity (Wildman–Crippen MR) is 95.9 cm³/mol. The molecule has 132 valence electrons. The molecule has 2 aromatic rings. The zero-order valence-electron chi connectivity index (χ0n) is 14.7. The van der Waals surface area contributed by atoms with Crippen LogP contribution < -0.4 is 15.4 Å². The highest BCUT2D eigenvalue weighted by molar-refractivity contribution is 5.98. The first-order valence-corrected chi connectivity index (χ1v) is 8.17. The van der Waals surface area contributed by atoms with Crippen molar-refractivity contribution in [2.75, 3.05) is 13.7 Å². The Morgan fingerprint density at radius 1 is 1.16 bits per heavy atom. The van der Waals surface area contributed by atoms with Crippen LogP contribution in [-0.4, -0.2) is 36.5 Å². The van der Waals surface area contributed by atoms with Crippen molar-refractivity contribution >= 4 is 11.8 Å². The molecule has 1 aromatic carbocycles. The normalized spacial score (nSPS) is 10.4. The van der Waals surface area contributed by atoms with E-state index >= 15 is 0 Å². The average Bonchev–Trinajstić information content (AvgIpc) is 2.61. The zero-order valence-corrected chi connectivity index (χ0v) is 14.7. The van der Waals surface area contributed by atoms with Gasteiger partial charge in [-0.3, -0.25) is 14.6 Å². The van der Waals surface area contributed by atoms with Crippen LogP contribution in [0.5, 0.6) is 5.75 Å². The fourth-order valence-electron chi connectivity index (χ4n) is 2.28. The molecule has 2 rings (SSSR count). The number of hydrogen-bond acceptors (Lipinski definition) is 4. The monoisotopic (exact) mass is 341 g/mol. The standard InChI is InChI=1S/C19H23N3O3/c1-13(2)22-19(24)17-12-15(8-10-20-17)18(23)21-9-7-14-5-4-6-16(11-14)25-3/h4-6,8,10-13H,7,9H2,1-3H3,(H,21,23)(H,22,24). The molecule has 0 unspecified atom stereocenters. The number of methoxy groups -OCH3 is 1. The Hall–Kier alpha value is -2.89. The molecular weight excluding hydrogens is 318 g/mol. The number of carbonyl (C=O) groups excluding carboxylic acids is 2. The van der Waals surface area contributed by atoms with Crippen molar-refractivity contribution in [2.24, 2.45) is 0 Å². The van der Waals surface area contributed by atoms with Crippen molar-refractivity contribution in [1.82, 2.24) is 15.6 Å². The van der Waals surface area contributed by atoms with E-state index in [-0.39, 0.29) is 23.6 Å². The molecule has 2 amide bonds. The fourth-order valence-corrected chi connectivity index (χ4v) is 2.28. The summed E-state index contributed by atoms with van der Waals surface area (Å²) < 4.78 is 5.18. The van der Waals surface area contributed by atoms with E-state index in [4.69, 9.17) is 4.74 Å². The van der Waals surface area contributed by atoms with Crippen LogP contribution in [0.4, 0.5) is 0 Å². The maximum atomic E-state index is 12.3.